The van der Waals surface area contributed by atoms with Crippen LogP contribution in [0.15, 0.2) is 23.1 Å². The first-order chi connectivity index (χ1) is 6.40. The van der Waals surface area contributed by atoms with Crippen molar-refractivity contribution in [1.29, 1.82) is 0 Å². The van der Waals surface area contributed by atoms with Crippen molar-refractivity contribution < 1.29 is 0 Å². The summed E-state index contributed by atoms with van der Waals surface area (Å²) >= 11 is 1.98. The van der Waals surface area contributed by atoms with E-state index >= 15 is 0 Å². The van der Waals surface area contributed by atoms with E-state index < -0.39 is 0 Å². The number of hydrogen-bond donors (Lipinski definition) is 1. The second-order valence-electron chi connectivity index (χ2n) is 3.39. The van der Waals surface area contributed by atoms with Crippen molar-refractivity contribution >= 4 is 11.8 Å². The molecule has 0 atom stereocenters. The maximum Gasteiger partial charge on any atom is 0.0105 e. The minimum absolute atomic E-state index is 1.08. The Kier molecular flexibility index (Phi) is 2.91. The van der Waals surface area contributed by atoms with Crippen LogP contribution in [0.25, 0.3) is 0 Å². The number of hydrogen-bond acceptors (Lipinski definition) is 2. The summed E-state index contributed by atoms with van der Waals surface area (Å²) in [6.07, 6.45) is 2.40. The average molecular weight is 193 g/mol. The standard InChI is InChI=1S/C11H15NS/c1-12-6-4-9-2-3-11-10(8-9)5-7-13-11/h2-3,8,12H,4-7H2,1H3. The van der Waals surface area contributed by atoms with Gasteiger partial charge in [-0.1, -0.05) is 12.1 Å². The topological polar surface area (TPSA) is 12.0 Å². The summed E-state index contributed by atoms with van der Waals surface area (Å²) in [5.41, 5.74) is 3.02. The van der Waals surface area contributed by atoms with Crippen LogP contribution in [-0.2, 0) is 12.8 Å². The zero-order valence-corrected chi connectivity index (χ0v) is 8.79. The Hall–Kier alpha value is -0.470. The van der Waals surface area contributed by atoms with Crippen molar-refractivity contribution in [3.05, 3.63) is 29.3 Å². The molecule has 0 amide bonds. The summed E-state index contributed by atoms with van der Waals surface area (Å²) in [5.74, 6) is 1.27. The lowest BCUT2D eigenvalue weighted by atomic mass is 10.1. The van der Waals surface area contributed by atoms with Gasteiger partial charge in [-0.25, -0.2) is 0 Å². The first-order valence-corrected chi connectivity index (χ1v) is 5.78. The van der Waals surface area contributed by atoms with Gasteiger partial charge in [0.1, 0.15) is 0 Å². The summed E-state index contributed by atoms with van der Waals surface area (Å²) in [6.45, 7) is 1.08. The van der Waals surface area contributed by atoms with Gasteiger partial charge >= 0.3 is 0 Å². The van der Waals surface area contributed by atoms with Gasteiger partial charge in [0, 0.05) is 10.6 Å². The van der Waals surface area contributed by atoms with Crippen molar-refractivity contribution in [2.24, 2.45) is 0 Å². The predicted molar refractivity (Wildman–Crippen MR) is 58.5 cm³/mol. The van der Waals surface area contributed by atoms with Crippen LogP contribution >= 0.6 is 11.8 Å². The normalized spacial score (nSPS) is 14.5. The lowest BCUT2D eigenvalue weighted by Gasteiger charge is -2.03. The summed E-state index contributed by atoms with van der Waals surface area (Å²) < 4.78 is 0. The van der Waals surface area contributed by atoms with Gasteiger partial charge in [0.25, 0.3) is 0 Å². The summed E-state index contributed by atoms with van der Waals surface area (Å²) in [6, 6.07) is 6.90. The Bertz CT molecular complexity index is 296. The van der Waals surface area contributed by atoms with Gasteiger partial charge in [-0.2, -0.15) is 0 Å². The van der Waals surface area contributed by atoms with Crippen molar-refractivity contribution in [1.82, 2.24) is 5.32 Å². The van der Waals surface area contributed by atoms with Gasteiger partial charge in [-0.15, -0.1) is 11.8 Å². The highest BCUT2D eigenvalue weighted by atomic mass is 32.2. The van der Waals surface area contributed by atoms with E-state index in [1.54, 1.807) is 5.56 Å². The SMILES string of the molecule is CNCCc1ccc2c(c1)CCS2. The minimum atomic E-state index is 1.08. The molecule has 0 fully saturated rings. The van der Waals surface area contributed by atoms with Gasteiger partial charge in [0.05, 0.1) is 0 Å². The van der Waals surface area contributed by atoms with E-state index in [0.29, 0.717) is 0 Å². The fourth-order valence-corrected chi connectivity index (χ4v) is 2.72. The molecule has 0 aromatic heterocycles. The smallest absolute Gasteiger partial charge is 0.0105 e. The van der Waals surface area contributed by atoms with Gasteiger partial charge in [-0.05, 0) is 43.6 Å². The minimum Gasteiger partial charge on any atom is -0.319 e. The fourth-order valence-electron chi connectivity index (χ4n) is 1.66. The van der Waals surface area contributed by atoms with E-state index in [1.165, 1.54) is 22.6 Å². The summed E-state index contributed by atoms with van der Waals surface area (Å²) in [7, 11) is 2.00. The molecule has 1 aliphatic heterocycles. The van der Waals surface area contributed by atoms with Crippen LogP contribution in [0.3, 0.4) is 0 Å². The third kappa shape index (κ3) is 2.06. The van der Waals surface area contributed by atoms with Crippen molar-refractivity contribution in [3.63, 3.8) is 0 Å². The molecule has 0 radical (unpaired) electrons. The predicted octanol–water partition coefficient (Wildman–Crippen LogP) is 2.10. The first kappa shape index (κ1) is 9.10. The summed E-state index contributed by atoms with van der Waals surface area (Å²) in [4.78, 5) is 1.49. The molecule has 0 saturated heterocycles. The zero-order valence-electron chi connectivity index (χ0n) is 7.97. The highest BCUT2D eigenvalue weighted by Gasteiger charge is 2.10. The monoisotopic (exact) mass is 193 g/mol. The molecule has 1 heterocycles. The molecule has 2 heteroatoms. The van der Waals surface area contributed by atoms with Crippen molar-refractivity contribution in [2.45, 2.75) is 17.7 Å². The van der Waals surface area contributed by atoms with Gasteiger partial charge < -0.3 is 5.32 Å². The van der Waals surface area contributed by atoms with Crippen LogP contribution in [0.5, 0.6) is 0 Å². The van der Waals surface area contributed by atoms with E-state index in [1.807, 2.05) is 18.8 Å². The van der Waals surface area contributed by atoms with E-state index in [4.69, 9.17) is 0 Å². The third-order valence-corrected chi connectivity index (χ3v) is 3.54. The Morgan fingerprint density at radius 2 is 2.38 bits per heavy atom. The number of aryl methyl sites for hydroxylation is 1. The van der Waals surface area contributed by atoms with E-state index in [-0.39, 0.29) is 0 Å². The Balaban J connectivity index is 2.12. The molecular weight excluding hydrogens is 178 g/mol. The van der Waals surface area contributed by atoms with E-state index in [9.17, 15) is 0 Å². The molecule has 13 heavy (non-hydrogen) atoms. The number of fused-ring (bicyclic) bond motifs is 1. The maximum atomic E-state index is 3.18. The number of nitrogens with one attached hydrogen (secondary N) is 1. The number of thioether (sulfide) groups is 1. The largest absolute Gasteiger partial charge is 0.319 e. The maximum absolute atomic E-state index is 3.18. The molecule has 1 nitrogen and oxygen atoms in total. The summed E-state index contributed by atoms with van der Waals surface area (Å²) in [5, 5.41) is 3.18. The van der Waals surface area contributed by atoms with E-state index in [2.05, 4.69) is 23.5 Å². The van der Waals surface area contributed by atoms with Crippen LogP contribution in [0, 0.1) is 0 Å². The second-order valence-corrected chi connectivity index (χ2v) is 4.53. The molecule has 1 aromatic rings. The molecule has 1 aromatic carbocycles. The zero-order chi connectivity index (χ0) is 9.10. The highest BCUT2D eigenvalue weighted by Crippen LogP contribution is 2.31. The molecule has 70 valence electrons. The van der Waals surface area contributed by atoms with E-state index in [0.717, 1.165) is 13.0 Å². The quantitative estimate of drug-likeness (QED) is 0.789. The molecule has 0 aliphatic carbocycles. The average Bonchev–Trinajstić information content (AvgIpc) is 2.61. The number of benzene rings is 1. The lowest BCUT2D eigenvalue weighted by molar-refractivity contribution is 0.790. The molecule has 0 spiro atoms. The molecular formula is C11H15NS. The number of likely N-dealkylation sites (N-methyl/N-ethyl adjacent to an activating group) is 1. The highest BCUT2D eigenvalue weighted by molar-refractivity contribution is 7.99. The lowest BCUT2D eigenvalue weighted by Crippen LogP contribution is -2.10. The molecule has 1 aliphatic rings. The molecule has 0 saturated carbocycles. The second kappa shape index (κ2) is 4.16. The molecule has 0 bridgehead atoms. The molecule has 2 rings (SSSR count). The van der Waals surface area contributed by atoms with Crippen LogP contribution in [0.1, 0.15) is 11.1 Å². The van der Waals surface area contributed by atoms with Crippen LogP contribution in [-0.4, -0.2) is 19.3 Å². The first-order valence-electron chi connectivity index (χ1n) is 4.79. The molecule has 1 N–H and O–H groups in total. The Labute approximate surface area is 83.9 Å². The van der Waals surface area contributed by atoms with Crippen molar-refractivity contribution in [2.75, 3.05) is 19.3 Å². The van der Waals surface area contributed by atoms with Crippen LogP contribution < -0.4 is 5.32 Å². The van der Waals surface area contributed by atoms with Gasteiger partial charge in [0.15, 0.2) is 0 Å². The Morgan fingerprint density at radius 3 is 3.23 bits per heavy atom. The van der Waals surface area contributed by atoms with Crippen molar-refractivity contribution in [3.8, 4) is 0 Å². The van der Waals surface area contributed by atoms with Crippen LogP contribution in [0.2, 0.25) is 0 Å². The molecule has 0 unspecified atom stereocenters. The van der Waals surface area contributed by atoms with Gasteiger partial charge in [0.2, 0.25) is 0 Å². The fraction of sp³-hybridized carbons (Fsp3) is 0.455. The van der Waals surface area contributed by atoms with Crippen LogP contribution in [0.4, 0.5) is 0 Å². The van der Waals surface area contributed by atoms with Gasteiger partial charge in [-0.3, -0.25) is 0 Å². The number of rotatable bonds is 3. The third-order valence-electron chi connectivity index (χ3n) is 2.42. The Morgan fingerprint density at radius 1 is 1.46 bits per heavy atom.